The first kappa shape index (κ1) is 12.4. The normalized spacial score (nSPS) is 18.6. The van der Waals surface area contributed by atoms with Crippen LogP contribution in [0.3, 0.4) is 0 Å². The number of anilines is 1. The first-order valence-corrected chi connectivity index (χ1v) is 5.92. The maximum Gasteiger partial charge on any atom is 0.409 e. The Morgan fingerprint density at radius 1 is 1.44 bits per heavy atom. The highest BCUT2D eigenvalue weighted by molar-refractivity contribution is 5.90. The van der Waals surface area contributed by atoms with Gasteiger partial charge in [0, 0.05) is 19.2 Å². The summed E-state index contributed by atoms with van der Waals surface area (Å²) in [5, 5.41) is 2.80. The Morgan fingerprint density at radius 3 is 2.78 bits per heavy atom. The Kier molecular flexibility index (Phi) is 3.82. The quantitative estimate of drug-likeness (QED) is 0.884. The van der Waals surface area contributed by atoms with Crippen molar-refractivity contribution in [3.63, 3.8) is 0 Å². The minimum atomic E-state index is -0.316. The zero-order valence-electron chi connectivity index (χ0n) is 10.3. The molecule has 5 heteroatoms. The van der Waals surface area contributed by atoms with Crippen LogP contribution < -0.4 is 5.32 Å². The highest BCUT2D eigenvalue weighted by atomic mass is 16.6. The molecule has 1 aromatic carbocycles. The second-order valence-corrected chi connectivity index (χ2v) is 4.34. The summed E-state index contributed by atoms with van der Waals surface area (Å²) < 4.78 is 5.08. The molecule has 1 aromatic rings. The van der Waals surface area contributed by atoms with E-state index in [-0.39, 0.29) is 18.1 Å². The molecule has 0 aliphatic carbocycles. The SMILES string of the molecule is CN1CC(CCC(=O)Nc2ccccc2)OC1=O. The van der Waals surface area contributed by atoms with Crippen molar-refractivity contribution in [2.45, 2.75) is 18.9 Å². The van der Waals surface area contributed by atoms with E-state index in [1.807, 2.05) is 30.3 Å². The molecule has 0 radical (unpaired) electrons. The first-order valence-electron chi connectivity index (χ1n) is 5.92. The van der Waals surface area contributed by atoms with E-state index in [1.54, 1.807) is 7.05 Å². The van der Waals surface area contributed by atoms with Crippen molar-refractivity contribution >= 4 is 17.7 Å². The number of rotatable bonds is 4. The van der Waals surface area contributed by atoms with Crippen molar-refractivity contribution in [3.8, 4) is 0 Å². The molecule has 1 N–H and O–H groups in total. The van der Waals surface area contributed by atoms with Crippen LogP contribution in [-0.2, 0) is 9.53 Å². The third-order valence-electron chi connectivity index (χ3n) is 2.81. The van der Waals surface area contributed by atoms with Crippen molar-refractivity contribution in [2.24, 2.45) is 0 Å². The molecule has 18 heavy (non-hydrogen) atoms. The van der Waals surface area contributed by atoms with Gasteiger partial charge in [0.25, 0.3) is 0 Å². The van der Waals surface area contributed by atoms with E-state index in [4.69, 9.17) is 4.74 Å². The van der Waals surface area contributed by atoms with Crippen LogP contribution in [0.5, 0.6) is 0 Å². The van der Waals surface area contributed by atoms with Gasteiger partial charge in [-0.15, -0.1) is 0 Å². The Balaban J connectivity index is 1.74. The lowest BCUT2D eigenvalue weighted by Crippen LogP contribution is -2.20. The monoisotopic (exact) mass is 248 g/mol. The summed E-state index contributed by atoms with van der Waals surface area (Å²) in [5.41, 5.74) is 0.781. The summed E-state index contributed by atoms with van der Waals surface area (Å²) in [6.45, 7) is 0.553. The Morgan fingerprint density at radius 2 is 2.17 bits per heavy atom. The minimum absolute atomic E-state index is 0.0631. The number of para-hydroxylation sites is 1. The van der Waals surface area contributed by atoms with Gasteiger partial charge >= 0.3 is 6.09 Å². The van der Waals surface area contributed by atoms with Crippen molar-refractivity contribution in [1.29, 1.82) is 0 Å². The first-order chi connectivity index (χ1) is 8.65. The van der Waals surface area contributed by atoms with Crippen molar-refractivity contribution in [2.75, 3.05) is 18.9 Å². The number of likely N-dealkylation sites (N-methyl/N-ethyl adjacent to an activating group) is 1. The molecule has 0 spiro atoms. The molecule has 5 nitrogen and oxygen atoms in total. The lowest BCUT2D eigenvalue weighted by molar-refractivity contribution is -0.116. The molecule has 1 aliphatic heterocycles. The van der Waals surface area contributed by atoms with E-state index < -0.39 is 0 Å². The number of amides is 2. The summed E-state index contributed by atoms with van der Waals surface area (Å²) in [5.74, 6) is -0.0631. The predicted octanol–water partition coefficient (Wildman–Crippen LogP) is 1.86. The van der Waals surface area contributed by atoms with Crippen LogP contribution in [0, 0.1) is 0 Å². The lowest BCUT2D eigenvalue weighted by atomic mass is 10.2. The highest BCUT2D eigenvalue weighted by Gasteiger charge is 2.28. The number of carbonyl (C=O) groups excluding carboxylic acids is 2. The fourth-order valence-electron chi connectivity index (χ4n) is 1.84. The van der Waals surface area contributed by atoms with Gasteiger partial charge in [0.05, 0.1) is 6.54 Å². The molecule has 1 heterocycles. The topological polar surface area (TPSA) is 58.6 Å². The second kappa shape index (κ2) is 5.53. The van der Waals surface area contributed by atoms with Gasteiger partial charge in [-0.05, 0) is 18.6 Å². The fraction of sp³-hybridized carbons (Fsp3) is 0.385. The van der Waals surface area contributed by atoms with Crippen molar-refractivity contribution in [1.82, 2.24) is 4.90 Å². The van der Waals surface area contributed by atoms with Crippen molar-refractivity contribution in [3.05, 3.63) is 30.3 Å². The number of cyclic esters (lactones) is 1. The third-order valence-corrected chi connectivity index (χ3v) is 2.81. The van der Waals surface area contributed by atoms with E-state index in [1.165, 1.54) is 4.90 Å². The third kappa shape index (κ3) is 3.23. The van der Waals surface area contributed by atoms with Crippen LogP contribution in [0.1, 0.15) is 12.8 Å². The molecular weight excluding hydrogens is 232 g/mol. The highest BCUT2D eigenvalue weighted by Crippen LogP contribution is 2.14. The molecule has 1 aliphatic rings. The smallest absolute Gasteiger partial charge is 0.409 e. The molecule has 1 unspecified atom stereocenters. The zero-order chi connectivity index (χ0) is 13.0. The van der Waals surface area contributed by atoms with Crippen LogP contribution in [0.25, 0.3) is 0 Å². The molecule has 2 amide bonds. The van der Waals surface area contributed by atoms with Gasteiger partial charge in [0.15, 0.2) is 0 Å². The molecule has 2 rings (SSSR count). The van der Waals surface area contributed by atoms with Gasteiger partial charge in [-0.2, -0.15) is 0 Å². The fourth-order valence-corrected chi connectivity index (χ4v) is 1.84. The van der Waals surface area contributed by atoms with Gasteiger partial charge in [0.2, 0.25) is 5.91 Å². The lowest BCUT2D eigenvalue weighted by Gasteiger charge is -2.08. The van der Waals surface area contributed by atoms with Gasteiger partial charge in [-0.25, -0.2) is 4.79 Å². The van der Waals surface area contributed by atoms with Gasteiger partial charge in [-0.1, -0.05) is 18.2 Å². The summed E-state index contributed by atoms with van der Waals surface area (Å²) in [6, 6.07) is 9.29. The zero-order valence-corrected chi connectivity index (χ0v) is 10.3. The predicted molar refractivity (Wildman–Crippen MR) is 67.2 cm³/mol. The molecule has 0 bridgehead atoms. The maximum atomic E-state index is 11.7. The maximum absolute atomic E-state index is 11.7. The van der Waals surface area contributed by atoms with Gasteiger partial charge in [-0.3, -0.25) is 4.79 Å². The summed E-state index contributed by atoms with van der Waals surface area (Å²) >= 11 is 0. The molecule has 0 aromatic heterocycles. The number of benzene rings is 1. The van der Waals surface area contributed by atoms with E-state index >= 15 is 0 Å². The Hall–Kier alpha value is -2.04. The second-order valence-electron chi connectivity index (χ2n) is 4.34. The summed E-state index contributed by atoms with van der Waals surface area (Å²) in [6.07, 6.45) is 0.405. The molecule has 1 atom stereocenters. The molecule has 1 saturated heterocycles. The number of nitrogens with one attached hydrogen (secondary N) is 1. The molecular formula is C13H16N2O3. The Labute approximate surface area is 106 Å². The molecule has 0 saturated carbocycles. The minimum Gasteiger partial charge on any atom is -0.444 e. The average Bonchev–Trinajstić information content (AvgIpc) is 2.68. The van der Waals surface area contributed by atoms with Crippen molar-refractivity contribution < 1.29 is 14.3 Å². The van der Waals surface area contributed by atoms with E-state index in [9.17, 15) is 9.59 Å². The number of hydrogen-bond donors (Lipinski definition) is 1. The van der Waals surface area contributed by atoms with Crippen LogP contribution in [0.2, 0.25) is 0 Å². The van der Waals surface area contributed by atoms with Gasteiger partial charge in [0.1, 0.15) is 6.10 Å². The van der Waals surface area contributed by atoms with E-state index in [2.05, 4.69) is 5.32 Å². The number of nitrogens with zero attached hydrogens (tertiary/aromatic N) is 1. The molecule has 1 fully saturated rings. The van der Waals surface area contributed by atoms with Crippen LogP contribution in [0.4, 0.5) is 10.5 Å². The van der Waals surface area contributed by atoms with Gasteiger partial charge < -0.3 is 15.0 Å². The largest absolute Gasteiger partial charge is 0.444 e. The Bertz CT molecular complexity index is 433. The van der Waals surface area contributed by atoms with Crippen LogP contribution in [-0.4, -0.2) is 36.6 Å². The van der Waals surface area contributed by atoms with E-state index in [0.717, 1.165) is 5.69 Å². The standard InChI is InChI=1S/C13H16N2O3/c1-15-9-11(18-13(15)17)7-8-12(16)14-10-5-3-2-4-6-10/h2-6,11H,7-9H2,1H3,(H,14,16). The van der Waals surface area contributed by atoms with Crippen LogP contribution in [0.15, 0.2) is 30.3 Å². The summed E-state index contributed by atoms with van der Waals surface area (Å²) in [7, 11) is 1.69. The van der Waals surface area contributed by atoms with Crippen LogP contribution >= 0.6 is 0 Å². The molecule has 96 valence electrons. The number of hydrogen-bond acceptors (Lipinski definition) is 3. The summed E-state index contributed by atoms with van der Waals surface area (Å²) in [4.78, 5) is 24.3. The number of ether oxygens (including phenoxy) is 1. The number of carbonyl (C=O) groups is 2. The average molecular weight is 248 g/mol. The van der Waals surface area contributed by atoms with E-state index in [0.29, 0.717) is 19.4 Å².